The van der Waals surface area contributed by atoms with E-state index in [0.717, 1.165) is 36.2 Å². The van der Waals surface area contributed by atoms with Gasteiger partial charge in [0, 0.05) is 12.7 Å². The van der Waals surface area contributed by atoms with Crippen LogP contribution in [0.1, 0.15) is 56.6 Å². The van der Waals surface area contributed by atoms with Crippen LogP contribution in [-0.4, -0.2) is 26.5 Å². The Labute approximate surface area is 168 Å². The van der Waals surface area contributed by atoms with E-state index in [-0.39, 0.29) is 5.41 Å². The smallest absolute Gasteiger partial charge is 0.315 e. The van der Waals surface area contributed by atoms with Crippen molar-refractivity contribution in [2.24, 2.45) is 17.8 Å². The number of aldehydes is 1. The highest BCUT2D eigenvalue weighted by Crippen LogP contribution is 2.62. The number of allylic oxidation sites excluding steroid dienone is 2. The fourth-order valence-corrected chi connectivity index (χ4v) is 6.31. The maximum atomic E-state index is 10.6. The van der Waals surface area contributed by atoms with E-state index in [9.17, 15) is 4.79 Å². The average Bonchev–Trinajstić information content (AvgIpc) is 2.67. The van der Waals surface area contributed by atoms with Crippen molar-refractivity contribution in [2.45, 2.75) is 63.8 Å². The summed E-state index contributed by atoms with van der Waals surface area (Å²) in [6.07, 6.45) is 13.2. The van der Waals surface area contributed by atoms with Crippen LogP contribution in [0.3, 0.4) is 0 Å². The minimum absolute atomic E-state index is 0.221. The molecule has 4 saturated carbocycles. The van der Waals surface area contributed by atoms with Crippen molar-refractivity contribution in [2.75, 3.05) is 13.7 Å². The summed E-state index contributed by atoms with van der Waals surface area (Å²) in [6.45, 7) is 1.80. The van der Waals surface area contributed by atoms with E-state index in [1.54, 1.807) is 13.2 Å². The molecule has 4 aliphatic carbocycles. The molecule has 0 aliphatic heterocycles. The third kappa shape index (κ3) is 3.90. The first-order valence-corrected chi connectivity index (χ1v) is 10.7. The summed E-state index contributed by atoms with van der Waals surface area (Å²) in [5, 5.41) is 0. The van der Waals surface area contributed by atoms with Crippen LogP contribution < -0.4 is 4.74 Å². The number of ether oxygens (including phenoxy) is 3. The molecule has 0 N–H and O–H groups in total. The lowest BCUT2D eigenvalue weighted by Crippen LogP contribution is -2.48. The first-order valence-electron chi connectivity index (χ1n) is 10.7. The van der Waals surface area contributed by atoms with Crippen LogP contribution in [0.5, 0.6) is 5.75 Å². The minimum Gasteiger partial charge on any atom is -0.441 e. The SMILES string of the molecule is CCOC(OC)Oc1ccc(C/C=C/C=O)cc1C12CC3CC(CC(C3)C1)C2. The lowest BCUT2D eigenvalue weighted by Gasteiger charge is -2.57. The lowest BCUT2D eigenvalue weighted by molar-refractivity contribution is -0.231. The fraction of sp³-hybridized carbons (Fsp3) is 0.625. The Morgan fingerprint density at radius 1 is 1.14 bits per heavy atom. The molecular weight excluding hydrogens is 352 g/mol. The first kappa shape index (κ1) is 19.7. The second-order valence-electron chi connectivity index (χ2n) is 8.89. The zero-order valence-electron chi connectivity index (χ0n) is 17.1. The van der Waals surface area contributed by atoms with E-state index < -0.39 is 6.48 Å². The standard InChI is InChI=1S/C24H32O4/c1-3-27-23(26-2)28-22-8-7-17(6-4-5-9-25)13-21(22)24-14-18-10-19(15-24)12-20(11-18)16-24/h4-5,7-9,13,18-20,23H,3,6,10-12,14-16H2,1-2H3/b5-4+. The average molecular weight is 385 g/mol. The van der Waals surface area contributed by atoms with Crippen LogP contribution in [0.2, 0.25) is 0 Å². The molecule has 0 spiro atoms. The molecule has 4 nitrogen and oxygen atoms in total. The molecule has 4 aliphatic rings. The van der Waals surface area contributed by atoms with Crippen molar-refractivity contribution in [3.8, 4) is 5.75 Å². The summed E-state index contributed by atoms with van der Waals surface area (Å²) in [6, 6.07) is 6.48. The summed E-state index contributed by atoms with van der Waals surface area (Å²) in [7, 11) is 1.61. The number of hydrogen-bond acceptors (Lipinski definition) is 4. The highest BCUT2D eigenvalue weighted by atomic mass is 16.8. The van der Waals surface area contributed by atoms with Gasteiger partial charge in [0.25, 0.3) is 0 Å². The van der Waals surface area contributed by atoms with Gasteiger partial charge in [-0.2, -0.15) is 0 Å². The minimum atomic E-state index is -0.682. The normalized spacial score (nSPS) is 32.0. The van der Waals surface area contributed by atoms with Crippen LogP contribution in [-0.2, 0) is 26.1 Å². The fourth-order valence-electron chi connectivity index (χ4n) is 6.31. The molecule has 4 bridgehead atoms. The third-order valence-electron chi connectivity index (χ3n) is 6.94. The molecular formula is C24H32O4. The predicted octanol–water partition coefficient (Wildman–Crippen LogP) is 4.80. The van der Waals surface area contributed by atoms with Gasteiger partial charge >= 0.3 is 6.48 Å². The van der Waals surface area contributed by atoms with Crippen molar-refractivity contribution in [3.05, 3.63) is 41.5 Å². The van der Waals surface area contributed by atoms with Gasteiger partial charge < -0.3 is 14.2 Å². The highest BCUT2D eigenvalue weighted by molar-refractivity contribution is 5.64. The Hall–Kier alpha value is -1.65. The molecule has 0 heterocycles. The lowest BCUT2D eigenvalue weighted by atomic mass is 9.48. The van der Waals surface area contributed by atoms with Crippen LogP contribution in [0, 0.1) is 17.8 Å². The van der Waals surface area contributed by atoms with Gasteiger partial charge in [0.1, 0.15) is 12.0 Å². The first-order chi connectivity index (χ1) is 13.7. The van der Waals surface area contributed by atoms with E-state index >= 15 is 0 Å². The largest absolute Gasteiger partial charge is 0.441 e. The molecule has 4 heteroatoms. The summed E-state index contributed by atoms with van der Waals surface area (Å²) < 4.78 is 17.2. The van der Waals surface area contributed by atoms with Gasteiger partial charge in [-0.05, 0) is 92.7 Å². The van der Waals surface area contributed by atoms with Crippen molar-refractivity contribution in [1.29, 1.82) is 0 Å². The van der Waals surface area contributed by atoms with Crippen LogP contribution in [0.15, 0.2) is 30.4 Å². The summed E-state index contributed by atoms with van der Waals surface area (Å²) in [5.74, 6) is 3.49. The Kier molecular flexibility index (Phi) is 5.88. The number of benzene rings is 1. The van der Waals surface area contributed by atoms with Crippen molar-refractivity contribution >= 4 is 6.29 Å². The molecule has 0 radical (unpaired) electrons. The Bertz CT molecular complexity index is 688. The zero-order valence-corrected chi connectivity index (χ0v) is 17.1. The number of carbonyl (C=O) groups is 1. The van der Waals surface area contributed by atoms with Gasteiger partial charge in [-0.25, -0.2) is 0 Å². The van der Waals surface area contributed by atoms with Crippen LogP contribution in [0.4, 0.5) is 0 Å². The summed E-state index contributed by atoms with van der Waals surface area (Å²) >= 11 is 0. The number of methoxy groups -OCH3 is 1. The van der Waals surface area contributed by atoms with Gasteiger partial charge in [-0.15, -0.1) is 0 Å². The van der Waals surface area contributed by atoms with Gasteiger partial charge in [0.05, 0.1) is 6.61 Å². The van der Waals surface area contributed by atoms with Gasteiger partial charge in [0.15, 0.2) is 0 Å². The maximum absolute atomic E-state index is 10.6. The topological polar surface area (TPSA) is 44.8 Å². The quantitative estimate of drug-likeness (QED) is 0.349. The predicted molar refractivity (Wildman–Crippen MR) is 108 cm³/mol. The molecule has 0 aromatic heterocycles. The van der Waals surface area contributed by atoms with E-state index in [1.165, 1.54) is 49.7 Å². The van der Waals surface area contributed by atoms with E-state index in [0.29, 0.717) is 6.61 Å². The molecule has 0 amide bonds. The molecule has 1 atom stereocenters. The molecule has 0 saturated heterocycles. The molecule has 1 unspecified atom stereocenters. The van der Waals surface area contributed by atoms with Gasteiger partial charge in [0.2, 0.25) is 0 Å². The second kappa shape index (κ2) is 8.38. The number of rotatable bonds is 9. The Morgan fingerprint density at radius 2 is 1.82 bits per heavy atom. The maximum Gasteiger partial charge on any atom is 0.315 e. The molecule has 5 rings (SSSR count). The summed E-state index contributed by atoms with van der Waals surface area (Å²) in [4.78, 5) is 10.6. The van der Waals surface area contributed by atoms with Gasteiger partial charge in [-0.3, -0.25) is 4.79 Å². The Morgan fingerprint density at radius 3 is 2.39 bits per heavy atom. The van der Waals surface area contributed by atoms with Crippen LogP contribution in [0.25, 0.3) is 0 Å². The van der Waals surface area contributed by atoms with Crippen molar-refractivity contribution in [3.63, 3.8) is 0 Å². The van der Waals surface area contributed by atoms with E-state index in [1.807, 2.05) is 13.0 Å². The molecule has 4 fully saturated rings. The molecule has 152 valence electrons. The van der Waals surface area contributed by atoms with E-state index in [4.69, 9.17) is 14.2 Å². The Balaban J connectivity index is 1.68. The summed E-state index contributed by atoms with van der Waals surface area (Å²) in [5.41, 5.74) is 2.77. The van der Waals surface area contributed by atoms with E-state index in [2.05, 4.69) is 18.2 Å². The second-order valence-corrected chi connectivity index (χ2v) is 8.89. The zero-order chi connectivity index (χ0) is 19.6. The monoisotopic (exact) mass is 384 g/mol. The highest BCUT2D eigenvalue weighted by Gasteiger charge is 2.52. The van der Waals surface area contributed by atoms with Crippen molar-refractivity contribution < 1.29 is 19.0 Å². The number of hydrogen-bond donors (Lipinski definition) is 0. The third-order valence-corrected chi connectivity index (χ3v) is 6.94. The molecule has 28 heavy (non-hydrogen) atoms. The molecule has 1 aromatic carbocycles. The van der Waals surface area contributed by atoms with Gasteiger partial charge in [-0.1, -0.05) is 18.2 Å². The number of carbonyl (C=O) groups excluding carboxylic acids is 1. The van der Waals surface area contributed by atoms with Crippen LogP contribution >= 0.6 is 0 Å². The molecule has 1 aromatic rings. The van der Waals surface area contributed by atoms with Crippen molar-refractivity contribution in [1.82, 2.24) is 0 Å².